The molecule has 1 saturated carbocycles. The minimum atomic E-state index is 0.382. The number of unbranched alkanes of at least 4 members (excludes halogenated alkanes) is 1. The Morgan fingerprint density at radius 2 is 2.00 bits per heavy atom. The van der Waals surface area contributed by atoms with Gasteiger partial charge in [-0.1, -0.05) is 32.1 Å². The number of hydrogen-bond acceptors (Lipinski definition) is 1. The molecule has 0 aromatic heterocycles. The van der Waals surface area contributed by atoms with E-state index in [2.05, 4.69) is 0 Å². The van der Waals surface area contributed by atoms with Gasteiger partial charge in [0.15, 0.2) is 0 Å². The van der Waals surface area contributed by atoms with Crippen LogP contribution in [-0.4, -0.2) is 11.7 Å². The van der Waals surface area contributed by atoms with Gasteiger partial charge in [-0.15, -0.1) is 0 Å². The van der Waals surface area contributed by atoms with E-state index < -0.39 is 0 Å². The molecule has 0 unspecified atom stereocenters. The molecule has 1 heteroatoms. The van der Waals surface area contributed by atoms with Crippen molar-refractivity contribution in [1.82, 2.24) is 0 Å². The molecule has 0 saturated heterocycles. The van der Waals surface area contributed by atoms with E-state index in [1.807, 2.05) is 0 Å². The highest BCUT2D eigenvalue weighted by Gasteiger charge is 2.15. The Morgan fingerprint density at radius 3 is 2.44 bits per heavy atom. The van der Waals surface area contributed by atoms with Crippen molar-refractivity contribution >= 4 is 0 Å². The van der Waals surface area contributed by atoms with E-state index in [0.29, 0.717) is 6.61 Å². The molecule has 0 atom stereocenters. The molecular weight excluding hydrogens is 112 g/mol. The zero-order valence-corrected chi connectivity index (χ0v) is 5.97. The van der Waals surface area contributed by atoms with E-state index in [1.165, 1.54) is 32.1 Å². The molecule has 1 nitrogen and oxygen atoms in total. The maximum atomic E-state index is 8.47. The summed E-state index contributed by atoms with van der Waals surface area (Å²) in [6.07, 6.45) is 7.96. The highest BCUT2D eigenvalue weighted by Crippen LogP contribution is 2.30. The summed E-state index contributed by atoms with van der Waals surface area (Å²) < 4.78 is 0. The van der Waals surface area contributed by atoms with Crippen LogP contribution in [0.3, 0.4) is 0 Å². The third-order valence-corrected chi connectivity index (χ3v) is 2.25. The number of hydrogen-bond donors (Lipinski definition) is 1. The summed E-state index contributed by atoms with van der Waals surface area (Å²) in [5.74, 6) is 1.02. The van der Waals surface area contributed by atoms with Gasteiger partial charge in [-0.25, -0.2) is 0 Å². The van der Waals surface area contributed by atoms with Gasteiger partial charge in [0.1, 0.15) is 0 Å². The average Bonchev–Trinajstić information content (AvgIpc) is 1.76. The Balaban J connectivity index is 1.80. The van der Waals surface area contributed by atoms with E-state index in [1.54, 1.807) is 0 Å². The summed E-state index contributed by atoms with van der Waals surface area (Å²) >= 11 is 0. The summed E-state index contributed by atoms with van der Waals surface area (Å²) in [4.78, 5) is 0. The van der Waals surface area contributed by atoms with Gasteiger partial charge >= 0.3 is 0 Å². The zero-order valence-electron chi connectivity index (χ0n) is 5.97. The van der Waals surface area contributed by atoms with Crippen LogP contribution in [0, 0.1) is 5.92 Å². The quantitative estimate of drug-likeness (QED) is 0.574. The number of rotatable bonds is 4. The predicted octanol–water partition coefficient (Wildman–Crippen LogP) is 1.95. The Hall–Kier alpha value is -0.0400. The molecule has 1 aliphatic rings. The monoisotopic (exact) mass is 128 g/mol. The van der Waals surface area contributed by atoms with Crippen LogP contribution in [-0.2, 0) is 0 Å². The topological polar surface area (TPSA) is 20.2 Å². The van der Waals surface area contributed by atoms with Gasteiger partial charge in [0.05, 0.1) is 0 Å². The molecule has 0 aromatic rings. The molecular formula is C8H16O. The van der Waals surface area contributed by atoms with Gasteiger partial charge in [0, 0.05) is 6.61 Å². The van der Waals surface area contributed by atoms with E-state index in [0.717, 1.165) is 12.3 Å². The van der Waals surface area contributed by atoms with Gasteiger partial charge in [0.25, 0.3) is 0 Å². The van der Waals surface area contributed by atoms with Gasteiger partial charge < -0.3 is 5.11 Å². The molecule has 0 amide bonds. The first kappa shape index (κ1) is 7.07. The fraction of sp³-hybridized carbons (Fsp3) is 1.00. The second-order valence-electron chi connectivity index (χ2n) is 3.02. The third-order valence-electron chi connectivity index (χ3n) is 2.25. The molecule has 54 valence electrons. The fourth-order valence-corrected chi connectivity index (χ4v) is 1.33. The first-order valence-electron chi connectivity index (χ1n) is 4.04. The lowest BCUT2D eigenvalue weighted by atomic mass is 9.82. The van der Waals surface area contributed by atoms with E-state index in [4.69, 9.17) is 5.11 Å². The standard InChI is InChI=1S/C8H16O/c9-7-2-1-4-8-5-3-6-8/h8-9H,1-7H2. The summed E-state index contributed by atoms with van der Waals surface area (Å²) in [6.45, 7) is 0.382. The van der Waals surface area contributed by atoms with Crippen LogP contribution in [0.25, 0.3) is 0 Å². The maximum Gasteiger partial charge on any atom is 0.0431 e. The van der Waals surface area contributed by atoms with Crippen molar-refractivity contribution in [2.45, 2.75) is 38.5 Å². The van der Waals surface area contributed by atoms with Gasteiger partial charge in [-0.05, 0) is 12.3 Å². The normalized spacial score (nSPS) is 19.7. The Kier molecular flexibility index (Phi) is 3.05. The molecule has 0 heterocycles. The first-order valence-corrected chi connectivity index (χ1v) is 4.04. The number of aliphatic hydroxyl groups is 1. The minimum Gasteiger partial charge on any atom is -0.396 e. The number of aliphatic hydroxyl groups excluding tert-OH is 1. The molecule has 0 radical (unpaired) electrons. The van der Waals surface area contributed by atoms with Crippen molar-refractivity contribution in [1.29, 1.82) is 0 Å². The molecule has 0 spiro atoms. The lowest BCUT2D eigenvalue weighted by Gasteiger charge is -2.24. The van der Waals surface area contributed by atoms with Crippen molar-refractivity contribution in [3.63, 3.8) is 0 Å². The van der Waals surface area contributed by atoms with Gasteiger partial charge in [-0.2, -0.15) is 0 Å². The summed E-state index contributed by atoms with van der Waals surface area (Å²) in [5, 5.41) is 8.47. The second-order valence-corrected chi connectivity index (χ2v) is 3.02. The van der Waals surface area contributed by atoms with Crippen LogP contribution < -0.4 is 0 Å². The second kappa shape index (κ2) is 3.89. The van der Waals surface area contributed by atoms with Crippen LogP contribution in [0.4, 0.5) is 0 Å². The molecule has 9 heavy (non-hydrogen) atoms. The van der Waals surface area contributed by atoms with Gasteiger partial charge in [-0.3, -0.25) is 0 Å². The van der Waals surface area contributed by atoms with Crippen LogP contribution in [0.1, 0.15) is 38.5 Å². The summed E-state index contributed by atoms with van der Waals surface area (Å²) in [5.41, 5.74) is 0. The van der Waals surface area contributed by atoms with Crippen LogP contribution >= 0.6 is 0 Å². The molecule has 0 aromatic carbocycles. The minimum absolute atomic E-state index is 0.382. The van der Waals surface area contributed by atoms with Crippen molar-refractivity contribution in [3.05, 3.63) is 0 Å². The van der Waals surface area contributed by atoms with Crippen molar-refractivity contribution < 1.29 is 5.11 Å². The predicted molar refractivity (Wildman–Crippen MR) is 38.3 cm³/mol. The maximum absolute atomic E-state index is 8.47. The highest BCUT2D eigenvalue weighted by molar-refractivity contribution is 4.68. The molecule has 1 rings (SSSR count). The fourth-order valence-electron chi connectivity index (χ4n) is 1.33. The summed E-state index contributed by atoms with van der Waals surface area (Å²) in [7, 11) is 0. The average molecular weight is 128 g/mol. The van der Waals surface area contributed by atoms with E-state index in [9.17, 15) is 0 Å². The van der Waals surface area contributed by atoms with Crippen molar-refractivity contribution in [2.24, 2.45) is 5.92 Å². The first-order chi connectivity index (χ1) is 4.43. The van der Waals surface area contributed by atoms with E-state index >= 15 is 0 Å². The lowest BCUT2D eigenvalue weighted by Crippen LogP contribution is -2.10. The smallest absolute Gasteiger partial charge is 0.0431 e. The highest BCUT2D eigenvalue weighted by atomic mass is 16.2. The Morgan fingerprint density at radius 1 is 1.22 bits per heavy atom. The van der Waals surface area contributed by atoms with E-state index in [-0.39, 0.29) is 0 Å². The third kappa shape index (κ3) is 2.35. The Bertz CT molecular complexity index is 67.0. The largest absolute Gasteiger partial charge is 0.396 e. The van der Waals surface area contributed by atoms with Crippen LogP contribution in [0.5, 0.6) is 0 Å². The summed E-state index contributed by atoms with van der Waals surface area (Å²) in [6, 6.07) is 0. The van der Waals surface area contributed by atoms with Crippen molar-refractivity contribution in [2.75, 3.05) is 6.61 Å². The molecule has 1 aliphatic carbocycles. The molecule has 1 fully saturated rings. The van der Waals surface area contributed by atoms with Crippen LogP contribution in [0.15, 0.2) is 0 Å². The van der Waals surface area contributed by atoms with Crippen LogP contribution in [0.2, 0.25) is 0 Å². The van der Waals surface area contributed by atoms with Crippen molar-refractivity contribution in [3.8, 4) is 0 Å². The molecule has 0 bridgehead atoms. The van der Waals surface area contributed by atoms with Gasteiger partial charge in [0.2, 0.25) is 0 Å². The molecule has 1 N–H and O–H groups in total. The lowest BCUT2D eigenvalue weighted by molar-refractivity contribution is 0.252. The zero-order chi connectivity index (χ0) is 6.53. The SMILES string of the molecule is OCCCCC1CCC1. The molecule has 0 aliphatic heterocycles. The Labute approximate surface area is 57.1 Å².